The molecule has 0 amide bonds. The van der Waals surface area contributed by atoms with Crippen molar-refractivity contribution in [2.75, 3.05) is 0 Å². The molecule has 118 valence electrons. The summed E-state index contributed by atoms with van der Waals surface area (Å²) in [7, 11) is -4.05. The minimum atomic E-state index is -4.05. The Morgan fingerprint density at radius 2 is 1.15 bits per heavy atom. The maximum Gasteiger partial charge on any atom is 0.481 e. The average molecular weight is 312 g/mol. The first-order valence-electron chi connectivity index (χ1n) is 6.03. The summed E-state index contributed by atoms with van der Waals surface area (Å²) in [5.41, 5.74) is 0. The third kappa shape index (κ3) is 9.03. The van der Waals surface area contributed by atoms with Gasteiger partial charge < -0.3 is 9.47 Å². The first-order valence-corrected chi connectivity index (χ1v) is 7.50. The Hall–Kier alpha value is -0.950. The quantitative estimate of drug-likeness (QED) is 0.383. The fourth-order valence-corrected chi connectivity index (χ4v) is 2.69. The van der Waals surface area contributed by atoms with Crippen molar-refractivity contribution in [3.05, 3.63) is 0 Å². The van der Waals surface area contributed by atoms with E-state index in [0.717, 1.165) is 0 Å². The zero-order valence-electron chi connectivity index (χ0n) is 12.4. The van der Waals surface area contributed by atoms with Crippen LogP contribution in [0.2, 0.25) is 0 Å². The topological polar surface area (TPSA) is 97.4 Å². The second-order valence-electron chi connectivity index (χ2n) is 4.17. The molecule has 2 atom stereocenters. The summed E-state index contributed by atoms with van der Waals surface area (Å²) in [4.78, 5) is 21.6. The Bertz CT molecular complexity index is 353. The van der Waals surface area contributed by atoms with Crippen molar-refractivity contribution in [2.24, 2.45) is 0 Å². The summed E-state index contributed by atoms with van der Waals surface area (Å²) < 4.78 is 36.8. The molecule has 0 radical (unpaired) electrons. The van der Waals surface area contributed by atoms with Gasteiger partial charge in [-0.3, -0.25) is 14.1 Å². The molecule has 0 heterocycles. The van der Waals surface area contributed by atoms with E-state index in [-0.39, 0.29) is 0 Å². The lowest BCUT2D eigenvalue weighted by Crippen LogP contribution is -2.21. The highest BCUT2D eigenvalue weighted by molar-refractivity contribution is 7.48. The Morgan fingerprint density at radius 3 is 1.40 bits per heavy atom. The van der Waals surface area contributed by atoms with Crippen LogP contribution in [-0.4, -0.2) is 30.6 Å². The van der Waals surface area contributed by atoms with Crippen LogP contribution in [0.3, 0.4) is 0 Å². The van der Waals surface area contributed by atoms with Crippen LogP contribution in [0.1, 0.15) is 41.5 Å². The molecule has 0 aromatic heterocycles. The third-order valence-corrected chi connectivity index (χ3v) is 3.35. The number of carbonyl (C=O) groups excluding carboxylic acids is 2. The summed E-state index contributed by atoms with van der Waals surface area (Å²) in [5, 5.41) is 0. The van der Waals surface area contributed by atoms with Crippen molar-refractivity contribution in [2.45, 2.75) is 60.2 Å². The Morgan fingerprint density at radius 1 is 0.800 bits per heavy atom. The molecule has 0 aliphatic rings. The van der Waals surface area contributed by atoms with Gasteiger partial charge in [0.05, 0.1) is 6.10 Å². The van der Waals surface area contributed by atoms with Crippen LogP contribution in [0.5, 0.6) is 0 Å². The number of hydrogen-bond acceptors (Lipinski definition) is 8. The number of phosphoric acid groups is 1. The summed E-state index contributed by atoms with van der Waals surface area (Å²) in [6, 6.07) is 0. The van der Waals surface area contributed by atoms with Gasteiger partial charge >= 0.3 is 19.8 Å². The molecule has 0 aromatic carbocycles. The molecule has 0 spiro atoms. The standard InChI is InChI=1S/C11H21O8P/c1-7(2)17-20(14,18-10(5)15-8(3)12)19-11(6)16-9(4)13/h7,10-11H,1-6H3. The second kappa shape index (κ2) is 8.36. The predicted octanol–water partition coefficient (Wildman–Crippen LogP) is 2.37. The van der Waals surface area contributed by atoms with E-state index in [1.807, 2.05) is 0 Å². The van der Waals surface area contributed by atoms with E-state index in [1.54, 1.807) is 13.8 Å². The fraction of sp³-hybridized carbons (Fsp3) is 0.818. The number of carbonyl (C=O) groups is 2. The molecule has 9 heteroatoms. The van der Waals surface area contributed by atoms with Gasteiger partial charge in [-0.15, -0.1) is 0 Å². The van der Waals surface area contributed by atoms with E-state index in [4.69, 9.17) is 13.6 Å². The van der Waals surface area contributed by atoms with Crippen molar-refractivity contribution >= 4 is 19.8 Å². The lowest BCUT2D eigenvalue weighted by Gasteiger charge is -2.25. The lowest BCUT2D eigenvalue weighted by atomic mass is 10.5. The SMILES string of the molecule is CC(=O)OC(C)OP(=O)(OC(C)C)OC(C)OC(C)=O. The van der Waals surface area contributed by atoms with E-state index in [9.17, 15) is 14.2 Å². The van der Waals surface area contributed by atoms with Crippen molar-refractivity contribution in [1.29, 1.82) is 0 Å². The van der Waals surface area contributed by atoms with Crippen LogP contribution >= 0.6 is 7.82 Å². The first kappa shape index (κ1) is 19.1. The molecule has 0 aromatic rings. The van der Waals surface area contributed by atoms with Crippen molar-refractivity contribution < 1.29 is 37.2 Å². The van der Waals surface area contributed by atoms with Gasteiger partial charge in [-0.05, 0) is 27.7 Å². The van der Waals surface area contributed by atoms with Gasteiger partial charge in [0.25, 0.3) is 0 Å². The minimum absolute atomic E-state index is 0.477. The highest BCUT2D eigenvalue weighted by Crippen LogP contribution is 2.52. The monoisotopic (exact) mass is 312 g/mol. The number of hydrogen-bond donors (Lipinski definition) is 0. The highest BCUT2D eigenvalue weighted by Gasteiger charge is 2.34. The zero-order chi connectivity index (χ0) is 15.9. The Balaban J connectivity index is 4.77. The van der Waals surface area contributed by atoms with E-state index in [0.29, 0.717) is 0 Å². The van der Waals surface area contributed by atoms with Gasteiger partial charge in [0.15, 0.2) is 0 Å². The molecular formula is C11H21O8P. The molecular weight excluding hydrogens is 291 g/mol. The molecule has 0 saturated carbocycles. The van der Waals surface area contributed by atoms with Crippen molar-refractivity contribution in [1.82, 2.24) is 0 Å². The molecule has 0 fully saturated rings. The van der Waals surface area contributed by atoms with Crippen molar-refractivity contribution in [3.8, 4) is 0 Å². The maximum atomic E-state index is 12.4. The molecule has 0 aliphatic carbocycles. The van der Waals surface area contributed by atoms with E-state index in [2.05, 4.69) is 9.47 Å². The van der Waals surface area contributed by atoms with Gasteiger partial charge in [0.1, 0.15) is 0 Å². The number of rotatable bonds is 8. The lowest BCUT2D eigenvalue weighted by molar-refractivity contribution is -0.168. The van der Waals surface area contributed by atoms with Gasteiger partial charge in [0, 0.05) is 13.8 Å². The largest absolute Gasteiger partial charge is 0.481 e. The first-order chi connectivity index (χ1) is 9.04. The fourth-order valence-electron chi connectivity index (χ4n) is 1.21. The molecule has 0 saturated heterocycles. The van der Waals surface area contributed by atoms with Crippen LogP contribution in [0.25, 0.3) is 0 Å². The smallest absolute Gasteiger partial charge is 0.436 e. The summed E-state index contributed by atoms with van der Waals surface area (Å²) >= 11 is 0. The van der Waals surface area contributed by atoms with E-state index < -0.39 is 38.4 Å². The Labute approximate surface area is 118 Å². The number of esters is 2. The summed E-state index contributed by atoms with van der Waals surface area (Å²) in [6.07, 6.45) is -2.75. The normalized spacial score (nSPS) is 17.1. The molecule has 0 bridgehead atoms. The summed E-state index contributed by atoms with van der Waals surface area (Å²) in [6.45, 7) is 8.31. The molecule has 0 N–H and O–H groups in total. The molecule has 0 aliphatic heterocycles. The Kier molecular flexibility index (Phi) is 7.96. The molecule has 8 nitrogen and oxygen atoms in total. The van der Waals surface area contributed by atoms with Gasteiger partial charge in [-0.2, -0.15) is 0 Å². The maximum absolute atomic E-state index is 12.4. The van der Waals surface area contributed by atoms with E-state index >= 15 is 0 Å². The van der Waals surface area contributed by atoms with Crippen LogP contribution < -0.4 is 0 Å². The molecule has 2 unspecified atom stereocenters. The van der Waals surface area contributed by atoms with Crippen LogP contribution in [0.15, 0.2) is 0 Å². The number of phosphoric ester groups is 1. The minimum Gasteiger partial charge on any atom is -0.436 e. The average Bonchev–Trinajstić information content (AvgIpc) is 2.09. The molecule has 0 rings (SSSR count). The predicted molar refractivity (Wildman–Crippen MR) is 68.5 cm³/mol. The van der Waals surface area contributed by atoms with Crippen LogP contribution in [-0.2, 0) is 37.2 Å². The second-order valence-corrected chi connectivity index (χ2v) is 5.69. The zero-order valence-corrected chi connectivity index (χ0v) is 13.3. The molecule has 20 heavy (non-hydrogen) atoms. The van der Waals surface area contributed by atoms with Crippen LogP contribution in [0, 0.1) is 0 Å². The van der Waals surface area contributed by atoms with Gasteiger partial charge in [-0.25, -0.2) is 13.6 Å². The summed E-state index contributed by atoms with van der Waals surface area (Å²) in [5.74, 6) is -1.22. The highest BCUT2D eigenvalue weighted by atomic mass is 31.2. The van der Waals surface area contributed by atoms with E-state index in [1.165, 1.54) is 27.7 Å². The van der Waals surface area contributed by atoms with Gasteiger partial charge in [-0.1, -0.05) is 0 Å². The third-order valence-electron chi connectivity index (χ3n) is 1.56. The van der Waals surface area contributed by atoms with Gasteiger partial charge in [0.2, 0.25) is 12.6 Å². The van der Waals surface area contributed by atoms with Crippen LogP contribution in [0.4, 0.5) is 0 Å². The number of ether oxygens (including phenoxy) is 2. The van der Waals surface area contributed by atoms with Crippen molar-refractivity contribution in [3.63, 3.8) is 0 Å².